The molecule has 2 aromatic rings. The predicted octanol–water partition coefficient (Wildman–Crippen LogP) is 2.24. The molecular formula is C13H7N3O2S. The average molecular weight is 269 g/mol. The molecule has 0 aliphatic carbocycles. The summed E-state index contributed by atoms with van der Waals surface area (Å²) in [6, 6.07) is 9.15. The Balaban J connectivity index is 2.26. The Morgan fingerprint density at radius 3 is 2.89 bits per heavy atom. The molecule has 5 nitrogen and oxygen atoms in total. The molecule has 3 rings (SSSR count). The Hall–Kier alpha value is -2.65. The number of fused-ring (bicyclic) bond motifs is 1. The molecule has 6 heteroatoms. The SMILES string of the molecule is N#C/C(=C1\C(=O)Nc2ccccc21)c1nc(O)cs1. The minimum Gasteiger partial charge on any atom is -0.493 e. The van der Waals surface area contributed by atoms with Gasteiger partial charge in [0.05, 0.1) is 11.0 Å². The second kappa shape index (κ2) is 4.23. The van der Waals surface area contributed by atoms with Crippen molar-refractivity contribution in [3.8, 4) is 11.9 Å². The molecule has 92 valence electrons. The fourth-order valence-electron chi connectivity index (χ4n) is 1.96. The Kier molecular flexibility index (Phi) is 2.54. The van der Waals surface area contributed by atoms with Crippen molar-refractivity contribution in [3.63, 3.8) is 0 Å². The Labute approximate surface area is 112 Å². The van der Waals surface area contributed by atoms with E-state index in [1.54, 1.807) is 18.2 Å². The van der Waals surface area contributed by atoms with Gasteiger partial charge in [-0.15, -0.1) is 11.3 Å². The zero-order chi connectivity index (χ0) is 13.4. The molecule has 0 atom stereocenters. The van der Waals surface area contributed by atoms with Crippen LogP contribution in [0, 0.1) is 11.3 Å². The molecule has 0 radical (unpaired) electrons. The molecule has 0 saturated carbocycles. The summed E-state index contributed by atoms with van der Waals surface area (Å²) in [6.45, 7) is 0. The summed E-state index contributed by atoms with van der Waals surface area (Å²) in [6.07, 6.45) is 0. The highest BCUT2D eigenvalue weighted by Gasteiger charge is 2.28. The molecule has 1 aromatic heterocycles. The fraction of sp³-hybridized carbons (Fsp3) is 0. The van der Waals surface area contributed by atoms with Crippen LogP contribution in [0.3, 0.4) is 0 Å². The first-order valence-corrected chi connectivity index (χ1v) is 6.28. The lowest BCUT2D eigenvalue weighted by atomic mass is 10.0. The van der Waals surface area contributed by atoms with Gasteiger partial charge in [-0.2, -0.15) is 5.26 Å². The Bertz CT molecular complexity index is 755. The first-order valence-electron chi connectivity index (χ1n) is 5.40. The lowest BCUT2D eigenvalue weighted by molar-refractivity contribution is -0.110. The lowest BCUT2D eigenvalue weighted by Gasteiger charge is -1.99. The van der Waals surface area contributed by atoms with Crippen LogP contribution in [-0.4, -0.2) is 16.0 Å². The van der Waals surface area contributed by atoms with Gasteiger partial charge in [0.2, 0.25) is 5.88 Å². The van der Waals surface area contributed by atoms with Crippen LogP contribution in [0.15, 0.2) is 29.6 Å². The van der Waals surface area contributed by atoms with Crippen LogP contribution in [0.5, 0.6) is 5.88 Å². The normalized spacial score (nSPS) is 15.6. The van der Waals surface area contributed by atoms with Crippen LogP contribution in [-0.2, 0) is 4.79 Å². The molecule has 0 fully saturated rings. The maximum atomic E-state index is 12.0. The van der Waals surface area contributed by atoms with E-state index in [0.29, 0.717) is 21.8 Å². The summed E-state index contributed by atoms with van der Waals surface area (Å²) in [4.78, 5) is 15.9. The van der Waals surface area contributed by atoms with Gasteiger partial charge in [0.1, 0.15) is 16.6 Å². The summed E-state index contributed by atoms with van der Waals surface area (Å²) < 4.78 is 0. The quantitative estimate of drug-likeness (QED) is 0.614. The van der Waals surface area contributed by atoms with Crippen molar-refractivity contribution in [1.29, 1.82) is 5.26 Å². The maximum Gasteiger partial charge on any atom is 0.257 e. The third-order valence-electron chi connectivity index (χ3n) is 2.74. The van der Waals surface area contributed by atoms with Crippen molar-refractivity contribution < 1.29 is 9.90 Å². The first-order chi connectivity index (χ1) is 9.20. The molecule has 2 N–H and O–H groups in total. The van der Waals surface area contributed by atoms with Crippen molar-refractivity contribution in [2.45, 2.75) is 0 Å². The van der Waals surface area contributed by atoms with Gasteiger partial charge >= 0.3 is 0 Å². The lowest BCUT2D eigenvalue weighted by Crippen LogP contribution is -2.05. The highest BCUT2D eigenvalue weighted by molar-refractivity contribution is 7.11. The van der Waals surface area contributed by atoms with Gasteiger partial charge in [0, 0.05) is 11.3 Å². The van der Waals surface area contributed by atoms with Crippen molar-refractivity contribution in [1.82, 2.24) is 4.98 Å². The molecule has 0 saturated heterocycles. The van der Waals surface area contributed by atoms with Gasteiger partial charge in [0.25, 0.3) is 5.91 Å². The molecule has 1 aromatic carbocycles. The first kappa shape index (κ1) is 11.4. The monoisotopic (exact) mass is 269 g/mol. The summed E-state index contributed by atoms with van der Waals surface area (Å²) in [5.74, 6) is -0.479. The Morgan fingerprint density at radius 1 is 1.42 bits per heavy atom. The summed E-state index contributed by atoms with van der Waals surface area (Å²) in [5.41, 5.74) is 1.83. The van der Waals surface area contributed by atoms with E-state index >= 15 is 0 Å². The van der Waals surface area contributed by atoms with E-state index in [1.807, 2.05) is 12.1 Å². The molecule has 1 aliphatic rings. The maximum absolute atomic E-state index is 12.0. The number of allylic oxidation sites excluding steroid dienone is 1. The number of aromatic nitrogens is 1. The van der Waals surface area contributed by atoms with Crippen LogP contribution >= 0.6 is 11.3 Å². The number of nitrogens with zero attached hydrogens (tertiary/aromatic N) is 2. The number of hydrogen-bond donors (Lipinski definition) is 2. The third kappa shape index (κ3) is 1.77. The van der Waals surface area contributed by atoms with Gasteiger partial charge < -0.3 is 10.4 Å². The number of hydrogen-bond acceptors (Lipinski definition) is 5. The standard InChI is InChI=1S/C13H7N3O2S/c14-5-8(13-16-10(17)6-19-13)11-7-3-1-2-4-9(7)15-12(11)18/h1-4,6,17H,(H,15,18)/b11-8+. The average Bonchev–Trinajstić information content (AvgIpc) is 2.96. The molecule has 0 spiro atoms. The van der Waals surface area contributed by atoms with E-state index in [4.69, 9.17) is 0 Å². The Morgan fingerprint density at radius 2 is 2.21 bits per heavy atom. The van der Waals surface area contributed by atoms with Gasteiger partial charge in [-0.25, -0.2) is 4.98 Å². The minimum atomic E-state index is -0.326. The molecular weight excluding hydrogens is 262 g/mol. The van der Waals surface area contributed by atoms with E-state index in [0.717, 1.165) is 11.3 Å². The number of rotatable bonds is 1. The molecule has 19 heavy (non-hydrogen) atoms. The predicted molar refractivity (Wildman–Crippen MR) is 71.3 cm³/mol. The minimum absolute atomic E-state index is 0.153. The number of nitriles is 1. The van der Waals surface area contributed by atoms with Crippen molar-refractivity contribution in [2.75, 3.05) is 5.32 Å². The molecule has 1 aliphatic heterocycles. The fourth-order valence-corrected chi connectivity index (χ4v) is 2.64. The van der Waals surface area contributed by atoms with Crippen LogP contribution in [0.2, 0.25) is 0 Å². The number of thiazole rings is 1. The number of benzene rings is 1. The smallest absolute Gasteiger partial charge is 0.257 e. The third-order valence-corrected chi connectivity index (χ3v) is 3.59. The second-order valence-corrected chi connectivity index (χ2v) is 4.73. The second-order valence-electron chi connectivity index (χ2n) is 3.87. The number of para-hydroxylation sites is 1. The van der Waals surface area contributed by atoms with E-state index < -0.39 is 0 Å². The zero-order valence-corrected chi connectivity index (χ0v) is 10.4. The largest absolute Gasteiger partial charge is 0.493 e. The van der Waals surface area contributed by atoms with E-state index in [1.165, 1.54) is 5.38 Å². The number of anilines is 1. The van der Waals surface area contributed by atoms with E-state index in [9.17, 15) is 15.2 Å². The summed E-state index contributed by atoms with van der Waals surface area (Å²) >= 11 is 1.12. The van der Waals surface area contributed by atoms with Gasteiger partial charge in [-0.1, -0.05) is 18.2 Å². The van der Waals surface area contributed by atoms with Crippen LogP contribution in [0.25, 0.3) is 11.1 Å². The molecule has 1 amide bonds. The topological polar surface area (TPSA) is 86.0 Å². The van der Waals surface area contributed by atoms with Gasteiger partial charge in [-0.05, 0) is 6.07 Å². The number of carbonyl (C=O) groups is 1. The summed E-state index contributed by atoms with van der Waals surface area (Å²) in [5, 5.41) is 23.0. The summed E-state index contributed by atoms with van der Waals surface area (Å²) in [7, 11) is 0. The molecule has 0 bridgehead atoms. The van der Waals surface area contributed by atoms with Crippen LogP contribution < -0.4 is 5.32 Å². The highest BCUT2D eigenvalue weighted by atomic mass is 32.1. The molecule has 0 unspecified atom stereocenters. The number of amides is 1. The van der Waals surface area contributed by atoms with Crippen LogP contribution in [0.1, 0.15) is 10.6 Å². The van der Waals surface area contributed by atoms with Crippen molar-refractivity contribution in [3.05, 3.63) is 40.2 Å². The number of aromatic hydroxyl groups is 1. The zero-order valence-electron chi connectivity index (χ0n) is 9.54. The van der Waals surface area contributed by atoms with Crippen LogP contribution in [0.4, 0.5) is 5.69 Å². The molecule has 2 heterocycles. The van der Waals surface area contributed by atoms with E-state index in [-0.39, 0.29) is 17.4 Å². The van der Waals surface area contributed by atoms with Gasteiger partial charge in [-0.3, -0.25) is 4.79 Å². The number of carbonyl (C=O) groups excluding carboxylic acids is 1. The number of nitrogens with one attached hydrogen (secondary N) is 1. The van der Waals surface area contributed by atoms with E-state index in [2.05, 4.69) is 10.3 Å². The van der Waals surface area contributed by atoms with Gasteiger partial charge in [0.15, 0.2) is 0 Å². The highest BCUT2D eigenvalue weighted by Crippen LogP contribution is 2.37. The van der Waals surface area contributed by atoms with Crippen molar-refractivity contribution in [2.24, 2.45) is 0 Å². The van der Waals surface area contributed by atoms with Crippen molar-refractivity contribution >= 4 is 34.1 Å².